The maximum Gasteiger partial charge on any atom is 0.253 e. The number of para-hydroxylation sites is 1. The second-order valence-electron chi connectivity index (χ2n) is 10.0. The van der Waals surface area contributed by atoms with E-state index in [2.05, 4.69) is 140 Å². The smallest absolute Gasteiger partial charge is 0.253 e. The third-order valence-electron chi connectivity index (χ3n) is 8.01. The van der Waals surface area contributed by atoms with Crippen LogP contribution in [0.25, 0.3) is 44.5 Å². The van der Waals surface area contributed by atoms with E-state index in [-0.39, 0.29) is 6.71 Å². The van der Waals surface area contributed by atoms with Crippen LogP contribution in [0.3, 0.4) is 0 Å². The van der Waals surface area contributed by atoms with Gasteiger partial charge in [0.1, 0.15) is 11.5 Å². The second kappa shape index (κ2) is 8.36. The molecule has 0 N–H and O–H groups in total. The summed E-state index contributed by atoms with van der Waals surface area (Å²) in [5.41, 5.74) is 13.7. The van der Waals surface area contributed by atoms with E-state index in [4.69, 9.17) is 4.74 Å². The van der Waals surface area contributed by atoms with Gasteiger partial charge in [-0.15, -0.1) is 0 Å². The molecular weight excluding hydrogens is 459 g/mol. The Bertz CT molecular complexity index is 1850. The van der Waals surface area contributed by atoms with Gasteiger partial charge in [-0.2, -0.15) is 0 Å². The maximum atomic E-state index is 6.61. The molecule has 8 rings (SSSR count). The summed E-state index contributed by atoms with van der Waals surface area (Å²) in [5, 5.41) is 0. The SMILES string of the molecule is c1ccc(-c2cccc3c2B2c4ccccc4Oc4cccc(c42)-c2ccccc2-c2ccccc2-3)cc1. The van der Waals surface area contributed by atoms with Gasteiger partial charge in [-0.3, -0.25) is 0 Å². The first-order valence-electron chi connectivity index (χ1n) is 13.2. The summed E-state index contributed by atoms with van der Waals surface area (Å²) in [7, 11) is 0. The predicted octanol–water partition coefficient (Wildman–Crippen LogP) is 7.29. The van der Waals surface area contributed by atoms with E-state index in [9.17, 15) is 0 Å². The largest absolute Gasteiger partial charge is 0.458 e. The lowest BCUT2D eigenvalue weighted by atomic mass is 9.33. The van der Waals surface area contributed by atoms with E-state index in [1.54, 1.807) is 0 Å². The minimum Gasteiger partial charge on any atom is -0.458 e. The lowest BCUT2D eigenvalue weighted by Gasteiger charge is -2.31. The molecule has 0 unspecified atom stereocenters. The van der Waals surface area contributed by atoms with Gasteiger partial charge in [0.2, 0.25) is 0 Å². The molecule has 0 saturated carbocycles. The molecule has 0 aromatic heterocycles. The first-order valence-corrected chi connectivity index (χ1v) is 13.2. The van der Waals surface area contributed by atoms with Crippen LogP contribution in [0.1, 0.15) is 0 Å². The molecule has 2 aliphatic heterocycles. The minimum absolute atomic E-state index is 0.0109. The molecular formula is C36H23BO. The van der Waals surface area contributed by atoms with Gasteiger partial charge in [0, 0.05) is 0 Å². The monoisotopic (exact) mass is 482 g/mol. The van der Waals surface area contributed by atoms with Crippen molar-refractivity contribution in [2.45, 2.75) is 0 Å². The summed E-state index contributed by atoms with van der Waals surface area (Å²) >= 11 is 0. The van der Waals surface area contributed by atoms with Gasteiger partial charge in [-0.05, 0) is 67.6 Å². The zero-order chi connectivity index (χ0) is 25.1. The van der Waals surface area contributed by atoms with Crippen LogP contribution in [0.5, 0.6) is 11.5 Å². The minimum atomic E-state index is 0.0109. The summed E-state index contributed by atoms with van der Waals surface area (Å²) in [6.45, 7) is 0.0109. The highest BCUT2D eigenvalue weighted by molar-refractivity contribution is 6.99. The summed E-state index contributed by atoms with van der Waals surface area (Å²) in [5.74, 6) is 1.86. The molecule has 2 heterocycles. The molecule has 6 aromatic carbocycles. The summed E-state index contributed by atoms with van der Waals surface area (Å²) in [4.78, 5) is 0. The molecule has 2 heteroatoms. The molecule has 0 saturated heterocycles. The molecule has 176 valence electrons. The molecule has 0 spiro atoms. The summed E-state index contributed by atoms with van der Waals surface area (Å²) < 4.78 is 6.61. The molecule has 2 aliphatic rings. The Morgan fingerprint density at radius 1 is 0.342 bits per heavy atom. The highest BCUT2D eigenvalue weighted by Crippen LogP contribution is 2.41. The molecule has 6 aromatic rings. The van der Waals surface area contributed by atoms with Crippen molar-refractivity contribution in [1.29, 1.82) is 0 Å². The molecule has 38 heavy (non-hydrogen) atoms. The Kier molecular flexibility index (Phi) is 4.68. The topological polar surface area (TPSA) is 9.23 Å². The van der Waals surface area contributed by atoms with Crippen LogP contribution in [0, 0.1) is 0 Å². The Morgan fingerprint density at radius 3 is 1.53 bits per heavy atom. The van der Waals surface area contributed by atoms with Crippen molar-refractivity contribution in [2.75, 3.05) is 0 Å². The third-order valence-corrected chi connectivity index (χ3v) is 8.01. The highest BCUT2D eigenvalue weighted by Gasteiger charge is 2.38. The van der Waals surface area contributed by atoms with E-state index in [1.807, 2.05) is 0 Å². The molecule has 0 fully saturated rings. The second-order valence-corrected chi connectivity index (χ2v) is 10.0. The standard InChI is InChI=1S/C36H23BO/c1-2-12-24(13-3-1)25-18-10-19-30-28-16-6-4-14-26(28)27-15-5-7-17-29(27)31-20-11-23-34-36(31)37(35(25)30)32-21-8-9-22-33(32)38-34/h1-23H. The third kappa shape index (κ3) is 3.07. The number of fused-ring (bicyclic) bond motifs is 9. The fraction of sp³-hybridized carbons (Fsp3) is 0. The Balaban J connectivity index is 1.61. The summed E-state index contributed by atoms with van der Waals surface area (Å²) in [6, 6.07) is 50.3. The molecule has 0 radical (unpaired) electrons. The lowest BCUT2D eigenvalue weighted by Crippen LogP contribution is -2.56. The van der Waals surface area contributed by atoms with Gasteiger partial charge in [0.05, 0.1) is 0 Å². The van der Waals surface area contributed by atoms with Crippen LogP contribution in [-0.4, -0.2) is 6.71 Å². The molecule has 0 aliphatic carbocycles. The normalized spacial score (nSPS) is 12.4. The van der Waals surface area contributed by atoms with Crippen molar-refractivity contribution >= 4 is 23.1 Å². The quantitative estimate of drug-likeness (QED) is 0.223. The van der Waals surface area contributed by atoms with Gasteiger partial charge in [0.25, 0.3) is 6.71 Å². The fourth-order valence-electron chi connectivity index (χ4n) is 6.44. The first kappa shape index (κ1) is 21.3. The van der Waals surface area contributed by atoms with Crippen LogP contribution in [-0.2, 0) is 0 Å². The van der Waals surface area contributed by atoms with Gasteiger partial charge in [0.15, 0.2) is 0 Å². The fourth-order valence-corrected chi connectivity index (χ4v) is 6.44. The van der Waals surface area contributed by atoms with E-state index < -0.39 is 0 Å². The van der Waals surface area contributed by atoms with Crippen molar-refractivity contribution in [3.8, 4) is 56.0 Å². The van der Waals surface area contributed by atoms with Crippen molar-refractivity contribution in [3.05, 3.63) is 140 Å². The van der Waals surface area contributed by atoms with Gasteiger partial charge >= 0.3 is 0 Å². The Hall–Kier alpha value is -4.82. The van der Waals surface area contributed by atoms with E-state index in [0.29, 0.717) is 0 Å². The van der Waals surface area contributed by atoms with Crippen LogP contribution in [0.4, 0.5) is 0 Å². The zero-order valence-electron chi connectivity index (χ0n) is 20.8. The van der Waals surface area contributed by atoms with Crippen molar-refractivity contribution in [3.63, 3.8) is 0 Å². The van der Waals surface area contributed by atoms with E-state index in [0.717, 1.165) is 11.5 Å². The predicted molar refractivity (Wildman–Crippen MR) is 159 cm³/mol. The number of ether oxygens (including phenoxy) is 1. The van der Waals surface area contributed by atoms with E-state index in [1.165, 1.54) is 60.9 Å². The number of hydrogen-bond acceptors (Lipinski definition) is 1. The van der Waals surface area contributed by atoms with Crippen LogP contribution >= 0.6 is 0 Å². The van der Waals surface area contributed by atoms with Crippen molar-refractivity contribution in [1.82, 2.24) is 0 Å². The van der Waals surface area contributed by atoms with Crippen LogP contribution in [0.15, 0.2) is 140 Å². The average Bonchev–Trinajstić information content (AvgIpc) is 3.03. The average molecular weight is 482 g/mol. The Labute approximate surface area is 223 Å². The van der Waals surface area contributed by atoms with Gasteiger partial charge < -0.3 is 4.74 Å². The molecule has 0 atom stereocenters. The van der Waals surface area contributed by atoms with E-state index >= 15 is 0 Å². The van der Waals surface area contributed by atoms with Crippen LogP contribution < -0.4 is 21.1 Å². The highest BCUT2D eigenvalue weighted by atomic mass is 16.5. The molecule has 0 amide bonds. The first-order chi connectivity index (χ1) is 18.9. The summed E-state index contributed by atoms with van der Waals surface area (Å²) in [6.07, 6.45) is 0. The molecule has 1 nitrogen and oxygen atoms in total. The lowest BCUT2D eigenvalue weighted by molar-refractivity contribution is 0.487. The van der Waals surface area contributed by atoms with Crippen molar-refractivity contribution < 1.29 is 4.74 Å². The number of rotatable bonds is 1. The van der Waals surface area contributed by atoms with Gasteiger partial charge in [-0.25, -0.2) is 0 Å². The Morgan fingerprint density at radius 2 is 0.816 bits per heavy atom. The van der Waals surface area contributed by atoms with Crippen LogP contribution in [0.2, 0.25) is 0 Å². The maximum absolute atomic E-state index is 6.61. The van der Waals surface area contributed by atoms with Crippen molar-refractivity contribution in [2.24, 2.45) is 0 Å². The zero-order valence-corrected chi connectivity index (χ0v) is 20.8. The molecule has 0 bridgehead atoms. The van der Waals surface area contributed by atoms with Gasteiger partial charge in [-0.1, -0.05) is 133 Å². The number of hydrogen-bond donors (Lipinski definition) is 0. The number of benzene rings is 6.